The van der Waals surface area contributed by atoms with Gasteiger partial charge in [0.25, 0.3) is 0 Å². The van der Waals surface area contributed by atoms with Crippen molar-refractivity contribution in [2.45, 2.75) is 20.1 Å². The molecule has 1 aromatic heterocycles. The van der Waals surface area contributed by atoms with Crippen LogP contribution in [0.15, 0.2) is 43.0 Å². The lowest BCUT2D eigenvalue weighted by Crippen LogP contribution is -2.34. The average Bonchev–Trinajstić information content (AvgIpc) is 3.00. The van der Waals surface area contributed by atoms with Crippen molar-refractivity contribution < 1.29 is 9.53 Å². The molecule has 0 saturated heterocycles. The Hall–Kier alpha value is -2.32. The van der Waals surface area contributed by atoms with E-state index in [0.29, 0.717) is 10.8 Å². The summed E-state index contributed by atoms with van der Waals surface area (Å²) in [5, 5.41) is 9.72. The van der Waals surface area contributed by atoms with Gasteiger partial charge < -0.3 is 4.74 Å². The van der Waals surface area contributed by atoms with Crippen molar-refractivity contribution in [1.82, 2.24) is 9.55 Å². The van der Waals surface area contributed by atoms with Gasteiger partial charge >= 0.3 is 0 Å². The fourth-order valence-corrected chi connectivity index (χ4v) is 1.79. The number of hydrogen-bond donors (Lipinski definition) is 0. The molecule has 0 saturated carbocycles. The zero-order chi connectivity index (χ0) is 15.5. The zero-order valence-corrected chi connectivity index (χ0v) is 12.4. The molecule has 5 nitrogen and oxygen atoms in total. The van der Waals surface area contributed by atoms with E-state index in [1.807, 2.05) is 6.07 Å². The summed E-state index contributed by atoms with van der Waals surface area (Å²) in [6.07, 6.45) is 3.69. The molecule has 0 aliphatic carbocycles. The summed E-state index contributed by atoms with van der Waals surface area (Å²) in [7, 11) is 0. The van der Waals surface area contributed by atoms with Crippen LogP contribution in [0.4, 0.5) is 0 Å². The van der Waals surface area contributed by atoms with Crippen LogP contribution in [0.1, 0.15) is 20.1 Å². The number of nitrogens with zero attached hydrogens (tertiary/aromatic N) is 3. The molecule has 1 heterocycles. The monoisotopic (exact) mass is 303 g/mol. The first-order chi connectivity index (χ1) is 9.94. The van der Waals surface area contributed by atoms with Crippen LogP contribution in [0.3, 0.4) is 0 Å². The van der Waals surface area contributed by atoms with Crippen LogP contribution < -0.4 is 4.74 Å². The first kappa shape index (κ1) is 15.1. The lowest BCUT2D eigenvalue weighted by atomic mass is 9.89. The van der Waals surface area contributed by atoms with E-state index in [9.17, 15) is 4.79 Å². The maximum Gasteiger partial charge on any atom is 0.238 e. The van der Waals surface area contributed by atoms with E-state index in [1.54, 1.807) is 50.5 Å². The number of carbonyl (C=O) groups is 1. The quantitative estimate of drug-likeness (QED) is 0.850. The first-order valence-electron chi connectivity index (χ1n) is 6.29. The summed E-state index contributed by atoms with van der Waals surface area (Å²) >= 11 is 5.82. The van der Waals surface area contributed by atoms with Crippen LogP contribution in [0, 0.1) is 16.7 Å². The largest absolute Gasteiger partial charge is 0.463 e. The number of halogens is 1. The van der Waals surface area contributed by atoms with Crippen molar-refractivity contribution in [3.63, 3.8) is 0 Å². The summed E-state index contributed by atoms with van der Waals surface area (Å²) in [5.41, 5.74) is -1.17. The molecule has 0 aliphatic heterocycles. The molecule has 0 aliphatic rings. The maximum absolute atomic E-state index is 12.5. The van der Waals surface area contributed by atoms with Gasteiger partial charge in [0.15, 0.2) is 0 Å². The highest BCUT2D eigenvalue weighted by atomic mass is 35.5. The number of aromatic nitrogens is 2. The molecule has 0 radical (unpaired) electrons. The zero-order valence-electron chi connectivity index (χ0n) is 11.7. The van der Waals surface area contributed by atoms with E-state index in [4.69, 9.17) is 21.6 Å². The fraction of sp³-hybridized carbons (Fsp3) is 0.267. The highest BCUT2D eigenvalue weighted by Gasteiger charge is 2.36. The third-order valence-electron chi connectivity index (χ3n) is 2.98. The second-order valence-corrected chi connectivity index (χ2v) is 5.47. The van der Waals surface area contributed by atoms with Crippen LogP contribution in [0.5, 0.6) is 5.75 Å². The molecule has 0 spiro atoms. The van der Waals surface area contributed by atoms with Crippen LogP contribution in [-0.4, -0.2) is 15.3 Å². The molecule has 108 valence electrons. The second kappa shape index (κ2) is 5.98. The summed E-state index contributed by atoms with van der Waals surface area (Å²) in [5.74, 6) is 0.137. The summed E-state index contributed by atoms with van der Waals surface area (Å²) in [6.45, 7) is 3.12. The number of imidazole rings is 1. The third kappa shape index (κ3) is 3.41. The van der Waals surface area contributed by atoms with E-state index < -0.39 is 11.6 Å². The Labute approximate surface area is 127 Å². The van der Waals surface area contributed by atoms with Gasteiger partial charge in [0.1, 0.15) is 11.2 Å². The van der Waals surface area contributed by atoms with Gasteiger partial charge in [-0.25, -0.2) is 4.98 Å². The van der Waals surface area contributed by atoms with Crippen molar-refractivity contribution in [1.29, 1.82) is 5.26 Å². The van der Waals surface area contributed by atoms with Crippen molar-refractivity contribution >= 4 is 17.4 Å². The third-order valence-corrected chi connectivity index (χ3v) is 3.23. The smallest absolute Gasteiger partial charge is 0.238 e. The number of rotatable bonds is 5. The van der Waals surface area contributed by atoms with Gasteiger partial charge in [-0.3, -0.25) is 9.36 Å². The van der Waals surface area contributed by atoms with Gasteiger partial charge in [0.05, 0.1) is 12.4 Å². The molecule has 21 heavy (non-hydrogen) atoms. The van der Waals surface area contributed by atoms with Gasteiger partial charge in [-0.2, -0.15) is 5.26 Å². The standard InChI is InChI=1S/C15H14ClN3O2/c1-15(2,9-17)13(20)14(19-8-7-18-10-19)21-12-5-3-11(16)4-6-12/h3-8,10,14H,1-2H3. The number of carbonyl (C=O) groups excluding carboxylic acids is 1. The van der Waals surface area contributed by atoms with Crippen LogP contribution in [-0.2, 0) is 4.79 Å². The molecule has 0 amide bonds. The molecule has 0 fully saturated rings. The van der Waals surface area contributed by atoms with Crippen LogP contribution in [0.2, 0.25) is 5.02 Å². The number of benzene rings is 1. The number of nitriles is 1. The summed E-state index contributed by atoms with van der Waals surface area (Å²) in [6, 6.07) is 8.66. The number of hydrogen-bond acceptors (Lipinski definition) is 4. The van der Waals surface area contributed by atoms with Gasteiger partial charge in [-0.15, -0.1) is 0 Å². The molecule has 1 aromatic carbocycles. The first-order valence-corrected chi connectivity index (χ1v) is 6.67. The molecule has 1 unspecified atom stereocenters. The predicted molar refractivity (Wildman–Crippen MR) is 77.7 cm³/mol. The highest BCUT2D eigenvalue weighted by molar-refractivity contribution is 6.30. The SMILES string of the molecule is CC(C)(C#N)C(=O)C(Oc1ccc(Cl)cc1)n1ccnc1. The summed E-state index contributed by atoms with van der Waals surface area (Å²) in [4.78, 5) is 16.5. The minimum atomic E-state index is -1.17. The van der Waals surface area contributed by atoms with Crippen molar-refractivity contribution in [2.75, 3.05) is 0 Å². The minimum Gasteiger partial charge on any atom is -0.463 e. The number of Topliss-reactive ketones (excluding diaryl/α,β-unsaturated/α-hetero) is 1. The lowest BCUT2D eigenvalue weighted by Gasteiger charge is -2.24. The topological polar surface area (TPSA) is 67.9 Å². The van der Waals surface area contributed by atoms with E-state index in [2.05, 4.69) is 4.98 Å². The van der Waals surface area contributed by atoms with E-state index in [0.717, 1.165) is 0 Å². The van der Waals surface area contributed by atoms with E-state index >= 15 is 0 Å². The van der Waals surface area contributed by atoms with Crippen molar-refractivity contribution in [3.8, 4) is 11.8 Å². The minimum absolute atomic E-state index is 0.349. The Morgan fingerprint density at radius 3 is 2.62 bits per heavy atom. The Bertz CT molecular complexity index is 657. The van der Waals surface area contributed by atoms with Crippen LogP contribution >= 0.6 is 11.6 Å². The molecular formula is C15H14ClN3O2. The maximum atomic E-state index is 12.5. The van der Waals surface area contributed by atoms with Crippen molar-refractivity contribution in [3.05, 3.63) is 48.0 Å². The second-order valence-electron chi connectivity index (χ2n) is 5.04. The Balaban J connectivity index is 2.32. The van der Waals surface area contributed by atoms with Gasteiger partial charge in [0, 0.05) is 17.4 Å². The Morgan fingerprint density at radius 1 is 1.43 bits per heavy atom. The number of ketones is 1. The fourth-order valence-electron chi connectivity index (χ4n) is 1.66. The highest BCUT2D eigenvalue weighted by Crippen LogP contribution is 2.27. The predicted octanol–water partition coefficient (Wildman–Crippen LogP) is 3.23. The molecule has 6 heteroatoms. The van der Waals surface area contributed by atoms with E-state index in [-0.39, 0.29) is 5.78 Å². The van der Waals surface area contributed by atoms with Crippen LogP contribution in [0.25, 0.3) is 0 Å². The van der Waals surface area contributed by atoms with Gasteiger partial charge in [0.2, 0.25) is 12.0 Å². The molecule has 1 atom stereocenters. The van der Waals surface area contributed by atoms with Gasteiger partial charge in [-0.05, 0) is 38.1 Å². The lowest BCUT2D eigenvalue weighted by molar-refractivity contribution is -0.135. The molecular weight excluding hydrogens is 290 g/mol. The molecule has 2 rings (SSSR count). The van der Waals surface area contributed by atoms with E-state index in [1.165, 1.54) is 10.9 Å². The molecule has 2 aromatic rings. The molecule has 0 bridgehead atoms. The molecule has 0 N–H and O–H groups in total. The Kier molecular flexibility index (Phi) is 4.29. The normalized spacial score (nSPS) is 12.5. The summed E-state index contributed by atoms with van der Waals surface area (Å²) < 4.78 is 7.25. The number of ether oxygens (including phenoxy) is 1. The van der Waals surface area contributed by atoms with Gasteiger partial charge in [-0.1, -0.05) is 11.6 Å². The average molecular weight is 304 g/mol. The van der Waals surface area contributed by atoms with Crippen molar-refractivity contribution in [2.24, 2.45) is 5.41 Å². The Morgan fingerprint density at radius 2 is 2.10 bits per heavy atom.